The number of Topliss-reactive ketones (excluding diaryl/α,β-unsaturated/α-hetero) is 1. The van der Waals surface area contributed by atoms with E-state index in [4.69, 9.17) is 15.3 Å². The normalized spacial score (nSPS) is 15.6. The van der Waals surface area contributed by atoms with E-state index in [9.17, 15) is 9.59 Å². The number of benzene rings is 2. The molecule has 0 saturated carbocycles. The summed E-state index contributed by atoms with van der Waals surface area (Å²) in [6.07, 6.45) is 2.91. The summed E-state index contributed by atoms with van der Waals surface area (Å²) in [4.78, 5) is 46.4. The lowest BCUT2D eigenvalue weighted by Crippen LogP contribution is -2.33. The molecule has 4 rings (SSSR count). The third kappa shape index (κ3) is 4.32. The van der Waals surface area contributed by atoms with Gasteiger partial charge in [0, 0.05) is 23.6 Å². The number of nitrogens with two attached hydrogens (primary N) is 1. The molecule has 0 aliphatic carbocycles. The van der Waals surface area contributed by atoms with E-state index < -0.39 is 6.04 Å². The molecule has 158 valence electrons. The van der Waals surface area contributed by atoms with Crippen LogP contribution in [-0.2, 0) is 25.6 Å². The van der Waals surface area contributed by atoms with E-state index >= 15 is 0 Å². The average Bonchev–Trinajstić information content (AvgIpc) is 3.27. The van der Waals surface area contributed by atoms with Crippen LogP contribution in [0.25, 0.3) is 10.9 Å². The van der Waals surface area contributed by atoms with Gasteiger partial charge in [-0.25, -0.2) is 0 Å². The molecule has 7 heteroatoms. The second kappa shape index (κ2) is 9.24. The Hall–Kier alpha value is -3.96. The first-order chi connectivity index (χ1) is 14.9. The van der Waals surface area contributed by atoms with Crippen molar-refractivity contribution in [3.05, 3.63) is 82.7 Å². The van der Waals surface area contributed by atoms with E-state index in [1.165, 1.54) is 6.92 Å². The number of ketones is 1. The van der Waals surface area contributed by atoms with Gasteiger partial charge in [0.1, 0.15) is 5.70 Å². The fraction of sp³-hybridized carbons (Fsp3) is 0.208. The number of amides is 1. The van der Waals surface area contributed by atoms with Gasteiger partial charge in [-0.2, -0.15) is 9.59 Å². The lowest BCUT2D eigenvalue weighted by atomic mass is 9.95. The highest BCUT2D eigenvalue weighted by molar-refractivity contribution is 6.09. The lowest BCUT2D eigenvalue weighted by molar-refractivity contribution is -0.191. The zero-order chi connectivity index (χ0) is 22.5. The number of rotatable bonds is 5. The molecule has 1 atom stereocenters. The van der Waals surface area contributed by atoms with E-state index in [1.54, 1.807) is 4.90 Å². The third-order valence-electron chi connectivity index (χ3n) is 5.44. The van der Waals surface area contributed by atoms with Crippen molar-refractivity contribution in [2.24, 2.45) is 5.73 Å². The summed E-state index contributed by atoms with van der Waals surface area (Å²) >= 11 is 0. The molecule has 0 bridgehead atoms. The summed E-state index contributed by atoms with van der Waals surface area (Å²) in [5, 5.41) is 1.15. The zero-order valence-electron chi connectivity index (χ0n) is 17.3. The van der Waals surface area contributed by atoms with Crippen LogP contribution in [0.15, 0.2) is 66.0 Å². The molecule has 0 fully saturated rings. The Morgan fingerprint density at radius 3 is 2.42 bits per heavy atom. The highest BCUT2D eigenvalue weighted by atomic mass is 16.2. The van der Waals surface area contributed by atoms with E-state index in [0.717, 1.165) is 27.6 Å². The fourth-order valence-electron chi connectivity index (χ4n) is 3.98. The summed E-state index contributed by atoms with van der Waals surface area (Å²) in [6.45, 7) is 3.96. The van der Waals surface area contributed by atoms with E-state index in [0.29, 0.717) is 18.5 Å². The highest BCUT2D eigenvalue weighted by Gasteiger charge is 2.40. The van der Waals surface area contributed by atoms with Crippen molar-refractivity contribution < 1.29 is 19.2 Å². The number of fused-ring (bicyclic) bond motifs is 1. The molecule has 0 saturated heterocycles. The van der Waals surface area contributed by atoms with Crippen LogP contribution < -0.4 is 5.73 Å². The minimum Gasteiger partial charge on any atom is -0.394 e. The second-order valence-electron chi connectivity index (χ2n) is 7.39. The SMILES string of the molecule is CC(=O)C1=C(N)C(=O)N(CCc2c[nH]c3ccccc23)C1c1ccc(C)cc1.O=C=O. The van der Waals surface area contributed by atoms with Crippen LogP contribution in [0.4, 0.5) is 0 Å². The van der Waals surface area contributed by atoms with Gasteiger partial charge in [0.25, 0.3) is 5.91 Å². The number of aryl methyl sites for hydroxylation is 1. The number of carbonyl (C=O) groups is 2. The van der Waals surface area contributed by atoms with Crippen molar-refractivity contribution in [2.75, 3.05) is 6.54 Å². The summed E-state index contributed by atoms with van der Waals surface area (Å²) in [5.74, 6) is -0.429. The van der Waals surface area contributed by atoms with Crippen LogP contribution in [0.3, 0.4) is 0 Å². The first kappa shape index (κ1) is 21.7. The molecule has 1 unspecified atom stereocenters. The van der Waals surface area contributed by atoms with Crippen molar-refractivity contribution in [3.8, 4) is 0 Å². The largest absolute Gasteiger partial charge is 0.394 e. The molecule has 3 aromatic rings. The van der Waals surface area contributed by atoms with Crippen LogP contribution >= 0.6 is 0 Å². The quantitative estimate of drug-likeness (QED) is 0.663. The molecule has 0 radical (unpaired) electrons. The number of para-hydroxylation sites is 1. The summed E-state index contributed by atoms with van der Waals surface area (Å²) < 4.78 is 0. The minimum absolute atomic E-state index is 0.0667. The van der Waals surface area contributed by atoms with Crippen LogP contribution in [0.2, 0.25) is 0 Å². The summed E-state index contributed by atoms with van der Waals surface area (Å²) in [7, 11) is 0. The van der Waals surface area contributed by atoms with Crippen molar-refractivity contribution in [1.82, 2.24) is 9.88 Å². The summed E-state index contributed by atoms with van der Waals surface area (Å²) in [6, 6.07) is 15.6. The molecule has 1 aromatic heterocycles. The topological polar surface area (TPSA) is 113 Å². The maximum Gasteiger partial charge on any atom is 0.373 e. The maximum absolute atomic E-state index is 12.9. The van der Waals surface area contributed by atoms with Crippen molar-refractivity contribution in [3.63, 3.8) is 0 Å². The van der Waals surface area contributed by atoms with Gasteiger partial charge < -0.3 is 15.6 Å². The van der Waals surface area contributed by atoms with Crippen molar-refractivity contribution >= 4 is 28.7 Å². The number of nitrogens with zero attached hydrogens (tertiary/aromatic N) is 1. The van der Waals surface area contributed by atoms with Gasteiger partial charge in [-0.15, -0.1) is 0 Å². The number of H-pyrrole nitrogens is 1. The molecule has 1 amide bonds. The molecule has 0 spiro atoms. The maximum atomic E-state index is 12.9. The first-order valence-electron chi connectivity index (χ1n) is 9.81. The van der Waals surface area contributed by atoms with Gasteiger partial charge in [-0.1, -0.05) is 48.0 Å². The molecule has 2 aromatic carbocycles. The van der Waals surface area contributed by atoms with E-state index in [2.05, 4.69) is 11.1 Å². The van der Waals surface area contributed by atoms with Crippen molar-refractivity contribution in [2.45, 2.75) is 26.3 Å². The highest BCUT2D eigenvalue weighted by Crippen LogP contribution is 2.37. The van der Waals surface area contributed by atoms with Crippen LogP contribution in [-0.4, -0.2) is 34.3 Å². The molecular formula is C24H23N3O4. The number of aromatic nitrogens is 1. The number of nitrogens with one attached hydrogen (secondary N) is 1. The third-order valence-corrected chi connectivity index (χ3v) is 5.44. The Morgan fingerprint density at radius 2 is 1.77 bits per heavy atom. The second-order valence-corrected chi connectivity index (χ2v) is 7.39. The molecule has 1 aliphatic heterocycles. The van der Waals surface area contributed by atoms with Crippen LogP contribution in [0, 0.1) is 6.92 Å². The Balaban J connectivity index is 0.000000858. The van der Waals surface area contributed by atoms with Gasteiger partial charge in [-0.3, -0.25) is 9.59 Å². The predicted octanol–water partition coefficient (Wildman–Crippen LogP) is 2.82. The first-order valence-corrected chi connectivity index (χ1v) is 9.81. The van der Waals surface area contributed by atoms with E-state index in [1.807, 2.05) is 55.6 Å². The number of hydrogen-bond donors (Lipinski definition) is 2. The number of carbonyl (C=O) groups excluding carboxylic acids is 4. The predicted molar refractivity (Wildman–Crippen MR) is 115 cm³/mol. The minimum atomic E-state index is -0.434. The molecule has 7 nitrogen and oxygen atoms in total. The van der Waals surface area contributed by atoms with Crippen LogP contribution in [0.1, 0.15) is 29.7 Å². The van der Waals surface area contributed by atoms with Crippen molar-refractivity contribution in [1.29, 1.82) is 0 Å². The van der Waals surface area contributed by atoms with Crippen LogP contribution in [0.5, 0.6) is 0 Å². The Bertz CT molecular complexity index is 1190. The smallest absolute Gasteiger partial charge is 0.373 e. The van der Waals surface area contributed by atoms with Gasteiger partial charge in [0.05, 0.1) is 11.6 Å². The molecule has 31 heavy (non-hydrogen) atoms. The molecule has 3 N–H and O–H groups in total. The summed E-state index contributed by atoms with van der Waals surface area (Å²) in [5.41, 5.74) is 10.8. The Morgan fingerprint density at radius 1 is 1.13 bits per heavy atom. The van der Waals surface area contributed by atoms with Gasteiger partial charge >= 0.3 is 6.15 Å². The average molecular weight is 417 g/mol. The zero-order valence-corrected chi connectivity index (χ0v) is 17.3. The Labute approximate surface area is 179 Å². The lowest BCUT2D eigenvalue weighted by Gasteiger charge is -2.27. The van der Waals surface area contributed by atoms with Gasteiger partial charge in [-0.05, 0) is 37.5 Å². The van der Waals surface area contributed by atoms with E-state index in [-0.39, 0.29) is 23.5 Å². The monoisotopic (exact) mass is 417 g/mol. The molecular weight excluding hydrogens is 394 g/mol. The fourth-order valence-corrected chi connectivity index (χ4v) is 3.98. The number of aromatic amines is 1. The molecule has 1 aliphatic rings. The van der Waals surface area contributed by atoms with Gasteiger partial charge in [0.2, 0.25) is 0 Å². The Kier molecular flexibility index (Phi) is 6.48. The van der Waals surface area contributed by atoms with Gasteiger partial charge in [0.15, 0.2) is 5.78 Å². The molecule has 2 heterocycles. The standard InChI is InChI=1S/C23H23N3O2.CO2/c1-14-7-9-16(10-8-14)22-20(15(2)27)21(24)23(28)26(22)12-11-17-13-25-19-6-4-3-5-18(17)19;2-1-3/h3-10,13,22,25H,11-12,24H2,1-2H3;. The number of hydrogen-bond acceptors (Lipinski definition) is 5.